The van der Waals surface area contributed by atoms with Crippen molar-refractivity contribution in [2.75, 3.05) is 5.75 Å². The van der Waals surface area contributed by atoms with E-state index in [0.29, 0.717) is 24.2 Å². The number of sulfone groups is 1. The van der Waals surface area contributed by atoms with E-state index in [4.69, 9.17) is 5.11 Å². The highest BCUT2D eigenvalue weighted by atomic mass is 32.2. The van der Waals surface area contributed by atoms with E-state index in [1.54, 1.807) is 16.7 Å². The molecule has 1 N–H and O–H groups in total. The third kappa shape index (κ3) is 2.53. The number of carboxylic acids is 1. The van der Waals surface area contributed by atoms with Gasteiger partial charge in [-0.1, -0.05) is 6.42 Å². The van der Waals surface area contributed by atoms with Gasteiger partial charge in [-0.25, -0.2) is 18.2 Å². The van der Waals surface area contributed by atoms with Crippen LogP contribution in [0.15, 0.2) is 24.5 Å². The molecule has 3 rings (SSSR count). The van der Waals surface area contributed by atoms with Crippen molar-refractivity contribution in [2.24, 2.45) is 0 Å². The first-order valence-electron chi connectivity index (χ1n) is 6.89. The van der Waals surface area contributed by atoms with Gasteiger partial charge in [0.2, 0.25) is 0 Å². The minimum absolute atomic E-state index is 0.169. The number of fused-ring (bicyclic) bond motifs is 1. The Morgan fingerprint density at radius 3 is 2.95 bits per heavy atom. The van der Waals surface area contributed by atoms with Crippen LogP contribution in [0.1, 0.15) is 35.4 Å². The first-order valence-corrected chi connectivity index (χ1v) is 8.60. The number of aromatic carboxylic acids is 1. The van der Waals surface area contributed by atoms with Crippen molar-refractivity contribution >= 4 is 21.3 Å². The molecule has 112 valence electrons. The second-order valence-electron chi connectivity index (χ2n) is 5.35. The van der Waals surface area contributed by atoms with Crippen LogP contribution in [-0.4, -0.2) is 39.9 Å². The molecular formula is C14H16N2O4S. The Morgan fingerprint density at radius 2 is 2.24 bits per heavy atom. The molecule has 0 bridgehead atoms. The zero-order valence-corrected chi connectivity index (χ0v) is 12.2. The van der Waals surface area contributed by atoms with Gasteiger partial charge in [-0.15, -0.1) is 0 Å². The minimum Gasteiger partial charge on any atom is -0.478 e. The molecule has 0 saturated carbocycles. The van der Waals surface area contributed by atoms with Gasteiger partial charge in [0, 0.05) is 12.6 Å². The van der Waals surface area contributed by atoms with Crippen molar-refractivity contribution in [3.63, 3.8) is 0 Å². The maximum Gasteiger partial charge on any atom is 0.337 e. The van der Waals surface area contributed by atoms with E-state index in [9.17, 15) is 13.2 Å². The summed E-state index contributed by atoms with van der Waals surface area (Å²) in [5.41, 5.74) is 0.663. The lowest BCUT2D eigenvalue weighted by Gasteiger charge is -2.21. The summed E-state index contributed by atoms with van der Waals surface area (Å²) in [6, 6.07) is 3.15. The third-order valence-corrected chi connectivity index (χ3v) is 6.28. The number of nitrogens with zero attached hydrogens (tertiary/aromatic N) is 2. The molecule has 1 atom stereocenters. The van der Waals surface area contributed by atoms with E-state index in [2.05, 4.69) is 4.98 Å². The fraction of sp³-hybridized carbons (Fsp3) is 0.429. The molecule has 21 heavy (non-hydrogen) atoms. The van der Waals surface area contributed by atoms with E-state index in [1.165, 1.54) is 12.3 Å². The molecule has 2 aromatic rings. The number of pyridine rings is 1. The number of rotatable bonds is 3. The number of aromatic nitrogens is 2. The molecule has 1 saturated heterocycles. The average Bonchev–Trinajstić information content (AvgIpc) is 2.84. The van der Waals surface area contributed by atoms with E-state index >= 15 is 0 Å². The van der Waals surface area contributed by atoms with Gasteiger partial charge in [0.1, 0.15) is 5.82 Å². The second-order valence-corrected chi connectivity index (χ2v) is 7.75. The van der Waals surface area contributed by atoms with Gasteiger partial charge in [-0.2, -0.15) is 0 Å². The summed E-state index contributed by atoms with van der Waals surface area (Å²) in [6.07, 6.45) is 5.83. The Balaban J connectivity index is 1.99. The second kappa shape index (κ2) is 5.14. The van der Waals surface area contributed by atoms with E-state index in [0.717, 1.165) is 12.8 Å². The highest BCUT2D eigenvalue weighted by Gasteiger charge is 2.30. The van der Waals surface area contributed by atoms with Crippen LogP contribution in [0.2, 0.25) is 0 Å². The first-order chi connectivity index (χ1) is 9.99. The highest BCUT2D eigenvalue weighted by molar-refractivity contribution is 7.92. The fourth-order valence-electron chi connectivity index (χ4n) is 2.86. The van der Waals surface area contributed by atoms with Gasteiger partial charge >= 0.3 is 5.97 Å². The van der Waals surface area contributed by atoms with Gasteiger partial charge in [0.05, 0.1) is 28.3 Å². The molecule has 6 nitrogen and oxygen atoms in total. The molecule has 3 heterocycles. The zero-order chi connectivity index (χ0) is 15.0. The molecule has 0 amide bonds. The normalized spacial score (nSPS) is 21.4. The Hall–Kier alpha value is -1.89. The number of hydrogen-bond acceptors (Lipinski definition) is 4. The monoisotopic (exact) mass is 308 g/mol. The molecule has 7 heteroatoms. The molecular weight excluding hydrogens is 292 g/mol. The van der Waals surface area contributed by atoms with Crippen LogP contribution in [0.3, 0.4) is 0 Å². The minimum atomic E-state index is -3.06. The van der Waals surface area contributed by atoms with Crippen LogP contribution in [0.5, 0.6) is 0 Å². The fourth-order valence-corrected chi connectivity index (χ4v) is 4.73. The van der Waals surface area contributed by atoms with Crippen molar-refractivity contribution in [1.82, 2.24) is 9.38 Å². The van der Waals surface area contributed by atoms with Crippen LogP contribution in [-0.2, 0) is 16.3 Å². The van der Waals surface area contributed by atoms with Crippen LogP contribution < -0.4 is 0 Å². The molecule has 1 aliphatic heterocycles. The van der Waals surface area contributed by atoms with E-state index in [-0.39, 0.29) is 11.3 Å². The summed E-state index contributed by atoms with van der Waals surface area (Å²) in [4.78, 5) is 15.4. The van der Waals surface area contributed by atoms with Crippen molar-refractivity contribution in [3.05, 3.63) is 35.9 Å². The number of carbonyl (C=O) groups is 1. The number of hydrogen-bond donors (Lipinski definition) is 1. The standard InChI is InChI=1S/C14H16N2O4S/c17-14(18)11-5-3-6-16-12(11)9-15-13(16)8-10-4-1-2-7-21(10,19)20/h3,5-6,9-10H,1-2,4,7-8H2,(H,17,18). The van der Waals surface area contributed by atoms with Crippen molar-refractivity contribution in [1.29, 1.82) is 0 Å². The number of imidazole rings is 1. The molecule has 1 unspecified atom stereocenters. The molecule has 1 aliphatic rings. The Morgan fingerprint density at radius 1 is 1.43 bits per heavy atom. The van der Waals surface area contributed by atoms with E-state index < -0.39 is 21.1 Å². The average molecular weight is 308 g/mol. The molecule has 1 fully saturated rings. The molecule has 0 radical (unpaired) electrons. The maximum atomic E-state index is 12.1. The largest absolute Gasteiger partial charge is 0.478 e. The lowest BCUT2D eigenvalue weighted by molar-refractivity contribution is 0.0698. The smallest absolute Gasteiger partial charge is 0.337 e. The van der Waals surface area contributed by atoms with Crippen LogP contribution >= 0.6 is 0 Å². The summed E-state index contributed by atoms with van der Waals surface area (Å²) in [7, 11) is -3.06. The van der Waals surface area contributed by atoms with Crippen molar-refractivity contribution in [2.45, 2.75) is 30.9 Å². The predicted molar refractivity (Wildman–Crippen MR) is 77.3 cm³/mol. The zero-order valence-electron chi connectivity index (χ0n) is 11.4. The first kappa shape index (κ1) is 14.1. The molecule has 0 aromatic carbocycles. The van der Waals surface area contributed by atoms with Crippen LogP contribution in [0.4, 0.5) is 0 Å². The maximum absolute atomic E-state index is 12.1. The van der Waals surface area contributed by atoms with Gasteiger partial charge in [0.15, 0.2) is 9.84 Å². The summed E-state index contributed by atoms with van der Waals surface area (Å²) in [6.45, 7) is 0. The van der Waals surface area contributed by atoms with Gasteiger partial charge < -0.3 is 9.51 Å². The summed E-state index contributed by atoms with van der Waals surface area (Å²) >= 11 is 0. The van der Waals surface area contributed by atoms with Gasteiger partial charge in [-0.05, 0) is 25.0 Å². The Kier molecular flexibility index (Phi) is 3.44. The summed E-state index contributed by atoms with van der Waals surface area (Å²) in [5.74, 6) is -0.178. The van der Waals surface area contributed by atoms with Crippen molar-refractivity contribution < 1.29 is 18.3 Å². The third-order valence-electron chi connectivity index (χ3n) is 4.00. The molecule has 0 spiro atoms. The summed E-state index contributed by atoms with van der Waals surface area (Å²) in [5, 5.41) is 8.75. The topological polar surface area (TPSA) is 88.7 Å². The lowest BCUT2D eigenvalue weighted by Crippen LogP contribution is -2.30. The number of carboxylic acid groups (broad SMARTS) is 1. The highest BCUT2D eigenvalue weighted by Crippen LogP contribution is 2.23. The SMILES string of the molecule is O=C(O)c1cccn2c(CC3CCCCS3(=O)=O)ncc12. The molecule has 0 aliphatic carbocycles. The van der Waals surface area contributed by atoms with Crippen LogP contribution in [0, 0.1) is 0 Å². The quantitative estimate of drug-likeness (QED) is 0.929. The predicted octanol–water partition coefficient (Wildman–Crippen LogP) is 1.54. The van der Waals surface area contributed by atoms with Crippen LogP contribution in [0.25, 0.3) is 5.52 Å². The summed E-state index contributed by atoms with van der Waals surface area (Å²) < 4.78 is 25.9. The lowest BCUT2D eigenvalue weighted by atomic mass is 10.1. The molecule has 2 aromatic heterocycles. The van der Waals surface area contributed by atoms with Crippen molar-refractivity contribution in [3.8, 4) is 0 Å². The Labute approximate surface area is 122 Å². The van der Waals surface area contributed by atoms with Gasteiger partial charge in [0.25, 0.3) is 0 Å². The van der Waals surface area contributed by atoms with Gasteiger partial charge in [-0.3, -0.25) is 0 Å². The van der Waals surface area contributed by atoms with E-state index in [1.807, 2.05) is 0 Å². The Bertz CT molecular complexity index is 794.